The number of benzene rings is 2. The molecule has 0 spiro atoms. The number of hydrogen-bond donors (Lipinski definition) is 2. The first-order valence-electron chi connectivity index (χ1n) is 9.08. The van der Waals surface area contributed by atoms with E-state index in [1.807, 2.05) is 49.4 Å². The molecular formula is C21H20N4O2. The number of H-pyrrole nitrogens is 1. The molecule has 2 aliphatic heterocycles. The van der Waals surface area contributed by atoms with Crippen molar-refractivity contribution in [2.75, 3.05) is 6.54 Å². The summed E-state index contributed by atoms with van der Waals surface area (Å²) >= 11 is 0. The minimum absolute atomic E-state index is 0.0900. The number of rotatable bonds is 1. The molecule has 1 unspecified atom stereocenters. The predicted octanol–water partition coefficient (Wildman–Crippen LogP) is 2.03. The third kappa shape index (κ3) is 2.30. The minimum Gasteiger partial charge on any atom is -0.356 e. The van der Waals surface area contributed by atoms with Crippen LogP contribution in [-0.4, -0.2) is 39.3 Å². The van der Waals surface area contributed by atoms with E-state index in [9.17, 15) is 9.59 Å². The molecule has 136 valence electrons. The number of amides is 2. The summed E-state index contributed by atoms with van der Waals surface area (Å²) in [5.74, 6) is 5.48. The molecule has 5 rings (SSSR count). The van der Waals surface area contributed by atoms with Crippen molar-refractivity contribution in [3.63, 3.8) is 0 Å². The van der Waals surface area contributed by atoms with Crippen LogP contribution in [0.3, 0.4) is 0 Å². The van der Waals surface area contributed by atoms with Crippen LogP contribution in [0, 0.1) is 6.92 Å². The van der Waals surface area contributed by atoms with Gasteiger partial charge < -0.3 is 9.88 Å². The van der Waals surface area contributed by atoms with Gasteiger partial charge in [0, 0.05) is 23.0 Å². The average Bonchev–Trinajstić information content (AvgIpc) is 3.04. The number of carbonyl (C=O) groups is 2. The van der Waals surface area contributed by atoms with Crippen LogP contribution in [0.5, 0.6) is 0 Å². The lowest BCUT2D eigenvalue weighted by molar-refractivity contribution is -0.158. The summed E-state index contributed by atoms with van der Waals surface area (Å²) in [6, 6.07) is 15.3. The van der Waals surface area contributed by atoms with Gasteiger partial charge in [0.1, 0.15) is 12.6 Å². The lowest BCUT2D eigenvalue weighted by atomic mass is 9.86. The molecule has 2 amide bonds. The highest BCUT2D eigenvalue weighted by Crippen LogP contribution is 2.42. The Morgan fingerprint density at radius 2 is 1.81 bits per heavy atom. The fraction of sp³-hybridized carbons (Fsp3) is 0.238. The number of nitrogens with zero attached hydrogens (tertiary/aromatic N) is 2. The van der Waals surface area contributed by atoms with Crippen LogP contribution in [0.15, 0.2) is 48.5 Å². The molecular weight excluding hydrogens is 340 g/mol. The van der Waals surface area contributed by atoms with E-state index in [4.69, 9.17) is 5.84 Å². The molecule has 2 aromatic carbocycles. The number of aromatic amines is 1. The first-order valence-corrected chi connectivity index (χ1v) is 9.08. The van der Waals surface area contributed by atoms with Crippen molar-refractivity contribution < 1.29 is 9.59 Å². The molecule has 2 aliphatic rings. The van der Waals surface area contributed by atoms with Crippen LogP contribution < -0.4 is 5.84 Å². The summed E-state index contributed by atoms with van der Waals surface area (Å²) in [5, 5.41) is 2.15. The molecule has 1 fully saturated rings. The van der Waals surface area contributed by atoms with E-state index < -0.39 is 6.04 Å². The lowest BCUT2D eigenvalue weighted by Crippen LogP contribution is -2.64. The molecule has 0 aliphatic carbocycles. The Balaban J connectivity index is 1.76. The van der Waals surface area contributed by atoms with Gasteiger partial charge in [-0.15, -0.1) is 0 Å². The van der Waals surface area contributed by atoms with Gasteiger partial charge in [-0.25, -0.2) is 5.84 Å². The summed E-state index contributed by atoms with van der Waals surface area (Å²) in [4.78, 5) is 30.9. The number of para-hydroxylation sites is 1. The van der Waals surface area contributed by atoms with Gasteiger partial charge in [0.15, 0.2) is 0 Å². The predicted molar refractivity (Wildman–Crippen MR) is 102 cm³/mol. The first-order chi connectivity index (χ1) is 13.0. The number of nitrogens with two attached hydrogens (primary N) is 1. The second-order valence-electron chi connectivity index (χ2n) is 7.36. The van der Waals surface area contributed by atoms with Gasteiger partial charge in [-0.05, 0) is 24.1 Å². The fourth-order valence-electron chi connectivity index (χ4n) is 4.38. The van der Waals surface area contributed by atoms with Crippen molar-refractivity contribution in [2.45, 2.75) is 25.4 Å². The zero-order valence-electron chi connectivity index (χ0n) is 15.0. The number of fused-ring (bicyclic) bond motifs is 4. The van der Waals surface area contributed by atoms with Crippen LogP contribution in [0.4, 0.5) is 0 Å². The van der Waals surface area contributed by atoms with E-state index in [2.05, 4.69) is 11.1 Å². The Hall–Kier alpha value is -3.12. The van der Waals surface area contributed by atoms with Gasteiger partial charge >= 0.3 is 0 Å². The van der Waals surface area contributed by atoms with Gasteiger partial charge in [-0.1, -0.05) is 48.0 Å². The van der Waals surface area contributed by atoms with E-state index in [0.717, 1.165) is 38.3 Å². The molecule has 0 radical (unpaired) electrons. The maximum absolute atomic E-state index is 12.9. The molecule has 3 heterocycles. The Morgan fingerprint density at radius 3 is 2.59 bits per heavy atom. The SMILES string of the molecule is Cc1ccc(C2c3[nH]c4ccccc4c3C[C@H]3C(=O)N(N)CC(=O)N23)cc1. The highest BCUT2D eigenvalue weighted by molar-refractivity contribution is 5.97. The highest BCUT2D eigenvalue weighted by Gasteiger charge is 2.47. The van der Waals surface area contributed by atoms with Gasteiger partial charge in [0.25, 0.3) is 5.91 Å². The van der Waals surface area contributed by atoms with Gasteiger partial charge in [0.05, 0.1) is 6.04 Å². The standard InChI is InChI=1S/C21H20N4O2/c1-12-6-8-13(9-7-12)20-19-15(14-4-2-3-5-16(14)23-19)10-17-21(27)24(22)11-18(26)25(17)20/h2-9,17,20,23H,10-11,22H2,1H3/t17-,20?/m0/s1. The topological polar surface area (TPSA) is 82.4 Å². The van der Waals surface area contributed by atoms with Gasteiger partial charge in [-0.3, -0.25) is 14.6 Å². The summed E-state index contributed by atoms with van der Waals surface area (Å²) in [7, 11) is 0. The summed E-state index contributed by atoms with van der Waals surface area (Å²) in [6.07, 6.45) is 0.472. The molecule has 0 saturated carbocycles. The zero-order chi connectivity index (χ0) is 18.7. The van der Waals surface area contributed by atoms with Crippen molar-refractivity contribution in [1.82, 2.24) is 14.9 Å². The van der Waals surface area contributed by atoms with Crippen LogP contribution in [0.2, 0.25) is 0 Å². The number of hydrogen-bond acceptors (Lipinski definition) is 3. The fourth-order valence-corrected chi connectivity index (χ4v) is 4.38. The van der Waals surface area contributed by atoms with Crippen molar-refractivity contribution in [1.29, 1.82) is 0 Å². The van der Waals surface area contributed by atoms with Crippen molar-refractivity contribution in [3.05, 3.63) is 70.9 Å². The van der Waals surface area contributed by atoms with Crippen LogP contribution in [-0.2, 0) is 16.0 Å². The highest BCUT2D eigenvalue weighted by atomic mass is 16.2. The Kier molecular flexibility index (Phi) is 3.39. The second kappa shape index (κ2) is 5.69. The number of hydrazine groups is 1. The van der Waals surface area contributed by atoms with E-state index in [-0.39, 0.29) is 24.4 Å². The molecule has 1 saturated heterocycles. The second-order valence-corrected chi connectivity index (χ2v) is 7.36. The minimum atomic E-state index is -0.575. The summed E-state index contributed by atoms with van der Waals surface area (Å²) in [6.45, 7) is 1.94. The largest absolute Gasteiger partial charge is 0.356 e. The monoisotopic (exact) mass is 360 g/mol. The summed E-state index contributed by atoms with van der Waals surface area (Å²) < 4.78 is 0. The molecule has 1 aromatic heterocycles. The Morgan fingerprint density at radius 1 is 1.07 bits per heavy atom. The Labute approximate surface area is 156 Å². The van der Waals surface area contributed by atoms with E-state index in [1.165, 1.54) is 0 Å². The van der Waals surface area contributed by atoms with E-state index >= 15 is 0 Å². The number of carbonyl (C=O) groups excluding carboxylic acids is 2. The summed E-state index contributed by atoms with van der Waals surface area (Å²) in [5.41, 5.74) is 5.24. The molecule has 2 atom stereocenters. The molecule has 6 nitrogen and oxygen atoms in total. The molecule has 6 heteroatoms. The quantitative estimate of drug-likeness (QED) is 0.515. The number of nitrogens with one attached hydrogen (secondary N) is 1. The molecule has 3 aromatic rings. The first kappa shape index (κ1) is 16.1. The van der Waals surface area contributed by atoms with Crippen LogP contribution in [0.25, 0.3) is 10.9 Å². The van der Waals surface area contributed by atoms with Gasteiger partial charge in [0.2, 0.25) is 5.91 Å². The number of piperazine rings is 1. The third-order valence-electron chi connectivity index (χ3n) is 5.69. The zero-order valence-corrected chi connectivity index (χ0v) is 15.0. The van der Waals surface area contributed by atoms with Crippen molar-refractivity contribution >= 4 is 22.7 Å². The lowest BCUT2D eigenvalue weighted by Gasteiger charge is -2.46. The van der Waals surface area contributed by atoms with Crippen molar-refractivity contribution in [2.24, 2.45) is 5.84 Å². The van der Waals surface area contributed by atoms with Crippen LogP contribution >= 0.6 is 0 Å². The van der Waals surface area contributed by atoms with E-state index in [0.29, 0.717) is 6.42 Å². The average molecular weight is 360 g/mol. The molecule has 27 heavy (non-hydrogen) atoms. The third-order valence-corrected chi connectivity index (χ3v) is 5.69. The number of aromatic nitrogens is 1. The smallest absolute Gasteiger partial charge is 0.260 e. The van der Waals surface area contributed by atoms with Crippen LogP contribution in [0.1, 0.15) is 28.4 Å². The molecule has 3 N–H and O–H groups in total. The molecule has 0 bridgehead atoms. The maximum atomic E-state index is 12.9. The van der Waals surface area contributed by atoms with E-state index in [1.54, 1.807) is 4.90 Å². The Bertz CT molecular complexity index is 1070. The normalized spacial score (nSPS) is 22.1. The maximum Gasteiger partial charge on any atom is 0.260 e. The van der Waals surface area contributed by atoms with Crippen molar-refractivity contribution in [3.8, 4) is 0 Å². The van der Waals surface area contributed by atoms with Gasteiger partial charge in [-0.2, -0.15) is 0 Å². The number of aryl methyl sites for hydroxylation is 1.